The van der Waals surface area contributed by atoms with Gasteiger partial charge in [-0.3, -0.25) is 4.79 Å². The maximum atomic E-state index is 12.9. The molecule has 1 aliphatic carbocycles. The molecule has 2 N–H and O–H groups in total. The van der Waals surface area contributed by atoms with Gasteiger partial charge in [0.05, 0.1) is 5.54 Å². The van der Waals surface area contributed by atoms with E-state index < -0.39 is 5.54 Å². The first kappa shape index (κ1) is 19.8. The van der Waals surface area contributed by atoms with Gasteiger partial charge in [0.1, 0.15) is 0 Å². The van der Waals surface area contributed by atoms with Gasteiger partial charge in [-0.15, -0.1) is 0 Å². The molecule has 0 fully saturated rings. The van der Waals surface area contributed by atoms with E-state index in [4.69, 9.17) is 5.73 Å². The first-order valence-electron chi connectivity index (χ1n) is 10.4. The summed E-state index contributed by atoms with van der Waals surface area (Å²) in [6.45, 7) is 8.09. The number of carbonyl (C=O) groups excluding carboxylic acids is 1. The third kappa shape index (κ3) is 3.48. The average molecular weight is 364 g/mol. The average Bonchev–Trinajstić information content (AvgIpc) is 2.93. The van der Waals surface area contributed by atoms with Crippen molar-refractivity contribution in [3.05, 3.63) is 59.2 Å². The van der Waals surface area contributed by atoms with Gasteiger partial charge in [-0.2, -0.15) is 0 Å². The van der Waals surface area contributed by atoms with E-state index >= 15 is 0 Å². The van der Waals surface area contributed by atoms with Gasteiger partial charge >= 0.3 is 0 Å². The second-order valence-electron chi connectivity index (χ2n) is 8.65. The number of unbranched alkanes of at least 4 members (excludes halogenated alkanes) is 2. The molecule has 27 heavy (non-hydrogen) atoms. The molecule has 2 nitrogen and oxygen atoms in total. The Kier molecular flexibility index (Phi) is 5.58. The number of carbonyl (C=O) groups is 1. The lowest BCUT2D eigenvalue weighted by molar-refractivity contribution is 0.0913. The summed E-state index contributed by atoms with van der Waals surface area (Å²) in [7, 11) is 0. The van der Waals surface area contributed by atoms with Gasteiger partial charge in [-0.25, -0.2) is 0 Å². The topological polar surface area (TPSA) is 43.1 Å². The molecule has 0 unspecified atom stereocenters. The van der Waals surface area contributed by atoms with Crippen molar-refractivity contribution in [2.75, 3.05) is 0 Å². The highest BCUT2D eigenvalue weighted by molar-refractivity contribution is 6.03. The third-order valence-electron chi connectivity index (χ3n) is 6.03. The lowest BCUT2D eigenvalue weighted by Gasteiger charge is -2.33. The minimum Gasteiger partial charge on any atom is -0.319 e. The van der Waals surface area contributed by atoms with Crippen molar-refractivity contribution in [2.24, 2.45) is 5.73 Å². The molecule has 2 aromatic rings. The molecule has 0 amide bonds. The summed E-state index contributed by atoms with van der Waals surface area (Å²) in [5.74, 6) is 0.0149. The number of nitrogens with two attached hydrogens (primary N) is 1. The molecule has 0 spiro atoms. The zero-order valence-corrected chi connectivity index (χ0v) is 17.3. The molecule has 3 rings (SSSR count). The Morgan fingerprint density at radius 3 is 2.11 bits per heavy atom. The van der Waals surface area contributed by atoms with E-state index in [0.717, 1.165) is 18.4 Å². The number of rotatable bonds is 8. The van der Waals surface area contributed by atoms with Gasteiger partial charge in [0.2, 0.25) is 0 Å². The summed E-state index contributed by atoms with van der Waals surface area (Å²) in [5.41, 5.74) is 11.4. The maximum absolute atomic E-state index is 12.9. The summed E-state index contributed by atoms with van der Waals surface area (Å²) in [5, 5.41) is 0. The lowest BCUT2D eigenvalue weighted by Crippen LogP contribution is -2.41. The molecule has 0 aliphatic heterocycles. The Morgan fingerprint density at radius 1 is 0.926 bits per heavy atom. The fourth-order valence-electron chi connectivity index (χ4n) is 4.59. The molecule has 0 radical (unpaired) electrons. The highest BCUT2D eigenvalue weighted by Crippen LogP contribution is 2.54. The number of hydrogen-bond acceptors (Lipinski definition) is 2. The van der Waals surface area contributed by atoms with E-state index in [0.29, 0.717) is 0 Å². The van der Waals surface area contributed by atoms with Crippen LogP contribution in [0.1, 0.15) is 87.7 Å². The Hall–Kier alpha value is -1.93. The third-order valence-corrected chi connectivity index (χ3v) is 6.03. The smallest absolute Gasteiger partial charge is 0.182 e. The molecule has 2 aromatic carbocycles. The zero-order valence-electron chi connectivity index (χ0n) is 17.3. The molecule has 0 bridgehead atoms. The van der Waals surface area contributed by atoms with E-state index in [1.807, 2.05) is 6.07 Å². The van der Waals surface area contributed by atoms with Gasteiger partial charge in [0.25, 0.3) is 0 Å². The van der Waals surface area contributed by atoms with Crippen molar-refractivity contribution in [1.82, 2.24) is 0 Å². The number of benzene rings is 2. The maximum Gasteiger partial charge on any atom is 0.182 e. The Bertz CT molecular complexity index is 820. The molecule has 0 aromatic heterocycles. The zero-order chi connectivity index (χ0) is 19.7. The van der Waals surface area contributed by atoms with E-state index in [9.17, 15) is 4.79 Å². The van der Waals surface area contributed by atoms with Crippen LogP contribution in [-0.2, 0) is 5.41 Å². The molecule has 2 heteroatoms. The monoisotopic (exact) mass is 363 g/mol. The van der Waals surface area contributed by atoms with Crippen LogP contribution in [0.15, 0.2) is 42.5 Å². The molecule has 0 atom stereocenters. The quantitative estimate of drug-likeness (QED) is 0.563. The van der Waals surface area contributed by atoms with Crippen LogP contribution in [0.25, 0.3) is 11.1 Å². The molecule has 0 saturated carbocycles. The standard InChI is InChI=1S/C25H33NO/c1-5-7-15-25(16-8-6-2)21-12-10-9-11-19(21)20-14-13-18(17-22(20)25)23(27)24(3,4)26/h9-14,17H,5-8,15-16,26H2,1-4H3. The van der Waals surface area contributed by atoms with Crippen molar-refractivity contribution >= 4 is 5.78 Å². The number of Topliss-reactive ketones (excluding diaryl/α,β-unsaturated/α-hetero) is 1. The lowest BCUT2D eigenvalue weighted by atomic mass is 9.70. The molecule has 1 aliphatic rings. The van der Waals surface area contributed by atoms with Crippen LogP contribution in [-0.4, -0.2) is 11.3 Å². The highest BCUT2D eigenvalue weighted by Gasteiger charge is 2.42. The van der Waals surface area contributed by atoms with Gasteiger partial charge in [-0.1, -0.05) is 75.9 Å². The predicted molar refractivity (Wildman–Crippen MR) is 114 cm³/mol. The molecule has 0 saturated heterocycles. The van der Waals surface area contributed by atoms with Crippen LogP contribution in [0.3, 0.4) is 0 Å². The fourth-order valence-corrected chi connectivity index (χ4v) is 4.59. The van der Waals surface area contributed by atoms with Gasteiger partial charge in [0.15, 0.2) is 5.78 Å². The summed E-state index contributed by atoms with van der Waals surface area (Å²) in [6.07, 6.45) is 7.02. The van der Waals surface area contributed by atoms with Crippen LogP contribution in [0, 0.1) is 0 Å². The number of hydrogen-bond donors (Lipinski definition) is 1. The molecular formula is C25H33NO. The van der Waals surface area contributed by atoms with Crippen molar-refractivity contribution in [3.63, 3.8) is 0 Å². The minimum atomic E-state index is -0.852. The van der Waals surface area contributed by atoms with Crippen LogP contribution >= 0.6 is 0 Å². The van der Waals surface area contributed by atoms with Crippen LogP contribution in [0.2, 0.25) is 0 Å². The number of ketones is 1. The Labute approximate surface area is 164 Å². The molecular weight excluding hydrogens is 330 g/mol. The van der Waals surface area contributed by atoms with Gasteiger partial charge in [-0.05, 0) is 55.0 Å². The van der Waals surface area contributed by atoms with Gasteiger partial charge < -0.3 is 5.73 Å². The van der Waals surface area contributed by atoms with Crippen molar-refractivity contribution in [1.29, 1.82) is 0 Å². The summed E-state index contributed by atoms with van der Waals surface area (Å²) in [6, 6.07) is 15.1. The first-order valence-corrected chi connectivity index (χ1v) is 10.4. The summed E-state index contributed by atoms with van der Waals surface area (Å²) >= 11 is 0. The summed E-state index contributed by atoms with van der Waals surface area (Å²) in [4.78, 5) is 12.9. The Morgan fingerprint density at radius 2 is 1.52 bits per heavy atom. The molecule has 0 heterocycles. The van der Waals surface area contributed by atoms with Crippen molar-refractivity contribution in [2.45, 2.75) is 77.2 Å². The SMILES string of the molecule is CCCCC1(CCCC)c2ccccc2-c2ccc(C(=O)C(C)(C)N)cc21. The first-order chi connectivity index (χ1) is 12.8. The highest BCUT2D eigenvalue weighted by atomic mass is 16.1. The summed E-state index contributed by atoms with van der Waals surface area (Å²) < 4.78 is 0. The Balaban J connectivity index is 2.20. The normalized spacial score (nSPS) is 14.7. The van der Waals surface area contributed by atoms with E-state index in [1.54, 1.807) is 13.8 Å². The van der Waals surface area contributed by atoms with E-state index in [1.165, 1.54) is 47.9 Å². The van der Waals surface area contributed by atoms with Gasteiger partial charge in [0, 0.05) is 11.0 Å². The largest absolute Gasteiger partial charge is 0.319 e. The van der Waals surface area contributed by atoms with Crippen molar-refractivity contribution < 1.29 is 4.79 Å². The minimum absolute atomic E-state index is 0.0149. The second-order valence-corrected chi connectivity index (χ2v) is 8.65. The second kappa shape index (κ2) is 7.59. The van der Waals surface area contributed by atoms with Crippen LogP contribution in [0.5, 0.6) is 0 Å². The molecule has 144 valence electrons. The fraction of sp³-hybridized carbons (Fsp3) is 0.480. The van der Waals surface area contributed by atoms with Crippen LogP contribution < -0.4 is 5.73 Å². The number of fused-ring (bicyclic) bond motifs is 3. The van der Waals surface area contributed by atoms with Crippen LogP contribution in [0.4, 0.5) is 0 Å². The van der Waals surface area contributed by atoms with E-state index in [2.05, 4.69) is 50.2 Å². The van der Waals surface area contributed by atoms with E-state index in [-0.39, 0.29) is 11.2 Å². The van der Waals surface area contributed by atoms with Crippen molar-refractivity contribution in [3.8, 4) is 11.1 Å². The predicted octanol–water partition coefficient (Wildman–Crippen LogP) is 6.25.